The Hall–Kier alpha value is -1.69. The molecule has 0 N–H and O–H groups in total. The molecular formula is C26H20Cl6N2Ti. The standard InChI is InChI=1S/2C13H10N.6ClH.Ti/c2*1-3-7-12(8-4-1)11-14-13-9-5-2-6-10-13;;;;;;;/h2*1-10H;6*1H;/q2*+1;;;;;;;+4/p-6. The monoisotopic (exact) mass is 618 g/mol. The van der Waals surface area contributed by atoms with Gasteiger partial charge in [0.05, 0.1) is 0 Å². The maximum absolute atomic E-state index is 5.33. The van der Waals surface area contributed by atoms with Crippen LogP contribution in [0.5, 0.6) is 0 Å². The molecule has 4 aromatic rings. The topological polar surface area (TPSA) is 8.72 Å². The molecule has 0 fully saturated rings. The molecule has 0 atom stereocenters. The van der Waals surface area contributed by atoms with E-state index in [2.05, 4.69) is 21.8 Å². The molecule has 2 nitrogen and oxygen atoms in total. The third-order valence-electron chi connectivity index (χ3n) is 3.69. The molecule has 4 aromatic carbocycles. The van der Waals surface area contributed by atoms with E-state index in [1.54, 1.807) is 0 Å². The summed E-state index contributed by atoms with van der Waals surface area (Å²) in [6, 6.07) is 45.4. The van der Waals surface area contributed by atoms with E-state index in [1.807, 2.05) is 121 Å². The Morgan fingerprint density at radius 3 is 0.886 bits per heavy atom. The second kappa shape index (κ2) is 13.0. The van der Waals surface area contributed by atoms with E-state index < -0.39 is 7.66 Å². The molecule has 9 heteroatoms. The Kier molecular flexibility index (Phi) is 11.0. The van der Waals surface area contributed by atoms with Gasteiger partial charge in [0, 0.05) is 24.3 Å². The molecule has 0 unspecified atom stereocenters. The number of benzene rings is 4. The molecule has 180 valence electrons. The van der Waals surface area contributed by atoms with Crippen molar-refractivity contribution in [2.45, 2.75) is 0 Å². The fraction of sp³-hybridized carbons (Fsp3) is 0. The van der Waals surface area contributed by atoms with Gasteiger partial charge >= 0.3 is 87.0 Å². The average Bonchev–Trinajstić information content (AvgIpc) is 2.83. The van der Waals surface area contributed by atoms with Crippen molar-refractivity contribution in [2.24, 2.45) is 0 Å². The summed E-state index contributed by atoms with van der Waals surface area (Å²) in [6.45, 7) is 0. The summed E-state index contributed by atoms with van der Waals surface area (Å²) in [4.78, 5) is 8.45. The van der Waals surface area contributed by atoms with Crippen molar-refractivity contribution in [3.63, 3.8) is 0 Å². The Morgan fingerprint density at radius 2 is 0.629 bits per heavy atom. The number of nitrogens with zero attached hydrogens (tertiary/aromatic N) is 2. The minimum atomic E-state index is -5.33. The number of halogens is 6. The molecule has 0 aliphatic rings. The maximum atomic E-state index is 5.06. The van der Waals surface area contributed by atoms with Gasteiger partial charge < -0.3 is 0 Å². The van der Waals surface area contributed by atoms with E-state index >= 15 is 0 Å². The van der Waals surface area contributed by atoms with Crippen LogP contribution in [0, 0.1) is 12.1 Å². The van der Waals surface area contributed by atoms with Gasteiger partial charge in [-0.25, -0.2) is 0 Å². The first-order valence-electron chi connectivity index (χ1n) is 10.2. The van der Waals surface area contributed by atoms with Gasteiger partial charge in [-0.15, -0.1) is 0 Å². The van der Waals surface area contributed by atoms with Crippen LogP contribution in [0.3, 0.4) is 0 Å². The van der Waals surface area contributed by atoms with Crippen LogP contribution in [0.4, 0.5) is 11.4 Å². The van der Waals surface area contributed by atoms with E-state index in [9.17, 15) is 0 Å². The summed E-state index contributed by atoms with van der Waals surface area (Å²) in [5, 5.41) is 0. The van der Waals surface area contributed by atoms with E-state index in [0.717, 1.165) is 22.5 Å². The quantitative estimate of drug-likeness (QED) is 0.173. The fourth-order valence-corrected chi connectivity index (χ4v) is 2.29. The van der Waals surface area contributed by atoms with Crippen molar-refractivity contribution >= 4 is 67.2 Å². The Labute approximate surface area is 227 Å². The number of hydrogen-bond donors (Lipinski definition) is 0. The molecule has 0 saturated heterocycles. The van der Waals surface area contributed by atoms with Gasteiger partial charge in [0.15, 0.2) is 0 Å². The van der Waals surface area contributed by atoms with Gasteiger partial charge in [-0.1, -0.05) is 72.8 Å². The van der Waals surface area contributed by atoms with Crippen LogP contribution < -0.4 is 0 Å². The van der Waals surface area contributed by atoms with Crippen molar-refractivity contribution < 1.29 is 7.66 Å². The Balaban J connectivity index is 0.000000197. The van der Waals surface area contributed by atoms with Gasteiger partial charge in [-0.3, -0.25) is 0 Å². The number of rotatable bonds is 0. The molecule has 0 bridgehead atoms. The van der Waals surface area contributed by atoms with Crippen molar-refractivity contribution in [1.29, 1.82) is 0 Å². The fourth-order valence-electron chi connectivity index (χ4n) is 2.29. The first-order valence-corrected chi connectivity index (χ1v) is 23.1. The van der Waals surface area contributed by atoms with E-state index in [-0.39, 0.29) is 0 Å². The van der Waals surface area contributed by atoms with Crippen LogP contribution in [0.15, 0.2) is 121 Å². The van der Waals surface area contributed by atoms with Crippen LogP contribution in [0.2, 0.25) is 0 Å². The number of hydrogen-bond acceptors (Lipinski definition) is 0. The van der Waals surface area contributed by atoms with E-state index in [4.69, 9.17) is 55.8 Å². The van der Waals surface area contributed by atoms with Crippen molar-refractivity contribution in [1.82, 2.24) is 0 Å². The minimum absolute atomic E-state index is 0.927. The third kappa shape index (κ3) is 18.3. The molecule has 0 saturated carbocycles. The molecular weight excluding hydrogens is 601 g/mol. The predicted octanol–water partition coefficient (Wildman–Crippen LogP) is 11.5. The van der Waals surface area contributed by atoms with Gasteiger partial charge in [-0.2, -0.15) is 0 Å². The Bertz CT molecular complexity index is 1120. The second-order valence-corrected chi connectivity index (χ2v) is 45.6. The zero-order chi connectivity index (χ0) is 25.7. The van der Waals surface area contributed by atoms with Crippen LogP contribution in [-0.2, 0) is 7.66 Å². The second-order valence-electron chi connectivity index (χ2n) is 6.92. The van der Waals surface area contributed by atoms with Gasteiger partial charge in [-0.05, 0) is 34.0 Å². The van der Waals surface area contributed by atoms with Crippen molar-refractivity contribution in [3.8, 4) is 12.1 Å². The van der Waals surface area contributed by atoms with Crippen LogP contribution in [0.1, 0.15) is 11.1 Å². The molecule has 4 rings (SSSR count). The SMILES string of the molecule is C(#[N+]c1ccccc1)c1ccccc1.C(#[N+]c1ccccc1)c1ccccc1.[Cl][Ti-2]([Cl])([Cl])([Cl])([Cl])[Cl]. The molecule has 35 heavy (non-hydrogen) atoms. The van der Waals surface area contributed by atoms with Gasteiger partial charge in [0.1, 0.15) is 11.1 Å². The molecule has 0 radical (unpaired) electrons. The predicted molar refractivity (Wildman–Crippen MR) is 153 cm³/mol. The first-order chi connectivity index (χ1) is 16.3. The first kappa shape index (κ1) is 29.5. The summed E-state index contributed by atoms with van der Waals surface area (Å²) in [7, 11) is 25.0. The summed E-state index contributed by atoms with van der Waals surface area (Å²) in [5.41, 5.74) is 3.85. The average molecular weight is 621 g/mol. The van der Waals surface area contributed by atoms with Crippen LogP contribution in [0.25, 0.3) is 9.69 Å². The zero-order valence-corrected chi connectivity index (χ0v) is 24.3. The van der Waals surface area contributed by atoms with E-state index in [0.29, 0.717) is 0 Å². The number of para-hydroxylation sites is 2. The zero-order valence-electron chi connectivity index (χ0n) is 18.2. The van der Waals surface area contributed by atoms with Gasteiger partial charge in [0.2, 0.25) is 0 Å². The van der Waals surface area contributed by atoms with Crippen LogP contribution in [-0.4, -0.2) is 0 Å². The molecule has 0 aliphatic heterocycles. The Morgan fingerprint density at radius 1 is 0.400 bits per heavy atom. The van der Waals surface area contributed by atoms with E-state index in [1.165, 1.54) is 0 Å². The van der Waals surface area contributed by atoms with Crippen LogP contribution >= 0.6 is 55.8 Å². The molecule has 0 heterocycles. The summed E-state index contributed by atoms with van der Waals surface area (Å²) < 4.78 is 0. The van der Waals surface area contributed by atoms with Crippen molar-refractivity contribution in [2.75, 3.05) is 0 Å². The summed E-state index contributed by atoms with van der Waals surface area (Å²) in [6.07, 6.45) is 0. The summed E-state index contributed by atoms with van der Waals surface area (Å²) >= 11 is 0. The summed E-state index contributed by atoms with van der Waals surface area (Å²) in [5.74, 6) is 0. The van der Waals surface area contributed by atoms with Gasteiger partial charge in [0.25, 0.3) is 0 Å². The third-order valence-corrected chi connectivity index (χ3v) is 3.69. The molecule has 0 spiro atoms. The molecule has 0 aromatic heterocycles. The molecule has 0 amide bonds. The van der Waals surface area contributed by atoms with Crippen molar-refractivity contribution in [3.05, 3.63) is 142 Å². The molecule has 0 aliphatic carbocycles. The normalized spacial score (nSPS) is 11.7.